The van der Waals surface area contributed by atoms with Gasteiger partial charge >= 0.3 is 11.9 Å². The number of hydrogen-bond acceptors (Lipinski definition) is 6. The highest BCUT2D eigenvalue weighted by Gasteiger charge is 2.20. The molecule has 0 bridgehead atoms. The van der Waals surface area contributed by atoms with E-state index in [9.17, 15) is 14.4 Å². The maximum atomic E-state index is 13.0. The van der Waals surface area contributed by atoms with Gasteiger partial charge in [0, 0.05) is 10.4 Å². The highest BCUT2D eigenvalue weighted by Crippen LogP contribution is 2.33. The molecule has 0 saturated heterocycles. The number of nitrogens with one attached hydrogen (secondary N) is 1. The molecule has 1 N–H and O–H groups in total. The maximum absolute atomic E-state index is 13.0. The van der Waals surface area contributed by atoms with Crippen molar-refractivity contribution in [3.05, 3.63) is 64.0 Å². The summed E-state index contributed by atoms with van der Waals surface area (Å²) in [6.07, 6.45) is 1.69. The van der Waals surface area contributed by atoms with Crippen molar-refractivity contribution < 1.29 is 23.9 Å². The van der Waals surface area contributed by atoms with Crippen molar-refractivity contribution in [3.8, 4) is 0 Å². The lowest BCUT2D eigenvalue weighted by Gasteiger charge is -2.10. The Balaban J connectivity index is 2.00. The Labute approximate surface area is 172 Å². The van der Waals surface area contributed by atoms with Gasteiger partial charge in [-0.3, -0.25) is 4.79 Å². The fourth-order valence-electron chi connectivity index (χ4n) is 3.14. The number of anilines is 1. The standard InChI is InChI=1S/C22H21NO5S/c1-4-7-17-16-8-5-6-9-18(16)29-19(17)20(24)23-15-11-13(21(25)27-2)10-14(12-15)22(26)28-3/h5-6,8-12H,4,7H2,1-3H3,(H,23,24). The first-order chi connectivity index (χ1) is 14.0. The summed E-state index contributed by atoms with van der Waals surface area (Å²) in [5, 5.41) is 3.88. The van der Waals surface area contributed by atoms with Gasteiger partial charge in [-0.2, -0.15) is 0 Å². The van der Waals surface area contributed by atoms with Gasteiger partial charge in [0.15, 0.2) is 0 Å². The van der Waals surface area contributed by atoms with Gasteiger partial charge in [0.05, 0.1) is 30.2 Å². The summed E-state index contributed by atoms with van der Waals surface area (Å²) in [6, 6.07) is 12.2. The van der Waals surface area contributed by atoms with Gasteiger partial charge in [0.25, 0.3) is 5.91 Å². The third-order valence-electron chi connectivity index (χ3n) is 4.44. The number of ether oxygens (including phenoxy) is 2. The minimum absolute atomic E-state index is 0.149. The fourth-order valence-corrected chi connectivity index (χ4v) is 4.29. The van der Waals surface area contributed by atoms with Crippen molar-refractivity contribution in [2.45, 2.75) is 19.8 Å². The predicted molar refractivity (Wildman–Crippen MR) is 113 cm³/mol. The van der Waals surface area contributed by atoms with Gasteiger partial charge in [-0.05, 0) is 41.6 Å². The Morgan fingerprint density at radius 2 is 1.59 bits per heavy atom. The van der Waals surface area contributed by atoms with Gasteiger partial charge in [0.1, 0.15) is 0 Å². The van der Waals surface area contributed by atoms with E-state index in [-0.39, 0.29) is 17.0 Å². The van der Waals surface area contributed by atoms with Crippen molar-refractivity contribution in [2.75, 3.05) is 19.5 Å². The van der Waals surface area contributed by atoms with Crippen LogP contribution in [-0.2, 0) is 15.9 Å². The third kappa shape index (κ3) is 4.30. The second-order valence-corrected chi connectivity index (χ2v) is 7.44. The normalized spacial score (nSPS) is 10.6. The van der Waals surface area contributed by atoms with Gasteiger partial charge in [0.2, 0.25) is 0 Å². The SMILES string of the molecule is CCCc1c(C(=O)Nc2cc(C(=O)OC)cc(C(=O)OC)c2)sc2ccccc12. The average Bonchev–Trinajstić information content (AvgIpc) is 3.11. The molecule has 6 nitrogen and oxygen atoms in total. The van der Waals surface area contributed by atoms with Crippen molar-refractivity contribution in [2.24, 2.45) is 0 Å². The van der Waals surface area contributed by atoms with Crippen molar-refractivity contribution in [3.63, 3.8) is 0 Å². The first-order valence-corrected chi connectivity index (χ1v) is 9.93. The van der Waals surface area contributed by atoms with Gasteiger partial charge in [-0.25, -0.2) is 9.59 Å². The largest absolute Gasteiger partial charge is 0.465 e. The van der Waals surface area contributed by atoms with Crippen molar-refractivity contribution in [1.29, 1.82) is 0 Å². The van der Waals surface area contributed by atoms with Crippen LogP contribution >= 0.6 is 11.3 Å². The molecule has 2 aromatic carbocycles. The first-order valence-electron chi connectivity index (χ1n) is 9.12. The number of esters is 2. The summed E-state index contributed by atoms with van der Waals surface area (Å²) < 4.78 is 10.5. The van der Waals surface area contributed by atoms with Gasteiger partial charge in [-0.15, -0.1) is 11.3 Å². The smallest absolute Gasteiger partial charge is 0.337 e. The summed E-state index contributed by atoms with van der Waals surface area (Å²) in [5.41, 5.74) is 1.62. The summed E-state index contributed by atoms with van der Waals surface area (Å²) >= 11 is 1.43. The zero-order valence-electron chi connectivity index (χ0n) is 16.4. The Bertz CT molecular complexity index is 1050. The number of amides is 1. The topological polar surface area (TPSA) is 81.7 Å². The van der Waals surface area contributed by atoms with Crippen LogP contribution in [0.1, 0.15) is 49.3 Å². The van der Waals surface area contributed by atoms with E-state index in [1.54, 1.807) is 0 Å². The van der Waals surface area contributed by atoms with Gasteiger partial charge in [-0.1, -0.05) is 31.5 Å². The highest BCUT2D eigenvalue weighted by molar-refractivity contribution is 7.21. The fraction of sp³-hybridized carbons (Fsp3) is 0.227. The molecular weight excluding hydrogens is 390 g/mol. The van der Waals surface area contributed by atoms with Crippen LogP contribution in [0.2, 0.25) is 0 Å². The molecule has 1 amide bonds. The molecule has 7 heteroatoms. The number of hydrogen-bond donors (Lipinski definition) is 1. The van der Waals surface area contributed by atoms with Crippen LogP contribution < -0.4 is 5.32 Å². The summed E-state index contributed by atoms with van der Waals surface area (Å²) in [6.45, 7) is 2.07. The number of methoxy groups -OCH3 is 2. The van der Waals surface area contributed by atoms with E-state index in [2.05, 4.69) is 12.2 Å². The molecule has 0 saturated carbocycles. The maximum Gasteiger partial charge on any atom is 0.337 e. The Morgan fingerprint density at radius 1 is 0.966 bits per heavy atom. The summed E-state index contributed by atoms with van der Waals surface area (Å²) in [4.78, 5) is 37.6. The molecule has 1 heterocycles. The molecule has 0 aliphatic rings. The lowest BCUT2D eigenvalue weighted by molar-refractivity contribution is 0.0599. The quantitative estimate of drug-likeness (QED) is 0.596. The van der Waals surface area contributed by atoms with E-state index in [0.717, 1.165) is 28.5 Å². The number of thiophene rings is 1. The van der Waals surface area contributed by atoms with Crippen LogP contribution in [0.4, 0.5) is 5.69 Å². The second-order valence-electron chi connectivity index (χ2n) is 6.39. The zero-order chi connectivity index (χ0) is 21.0. The minimum atomic E-state index is -0.611. The molecule has 0 aliphatic heterocycles. The molecular formula is C22H21NO5S. The highest BCUT2D eigenvalue weighted by atomic mass is 32.1. The van der Waals surface area contributed by atoms with Crippen molar-refractivity contribution in [1.82, 2.24) is 0 Å². The number of fused-ring (bicyclic) bond motifs is 1. The zero-order valence-corrected chi connectivity index (χ0v) is 17.2. The van der Waals surface area contributed by atoms with E-state index in [4.69, 9.17) is 9.47 Å². The molecule has 3 rings (SSSR count). The summed E-state index contributed by atoms with van der Waals surface area (Å²) in [5.74, 6) is -1.51. The van der Waals surface area contributed by atoms with E-state index in [1.807, 2.05) is 24.3 Å². The molecule has 0 radical (unpaired) electrons. The van der Waals surface area contributed by atoms with E-state index in [0.29, 0.717) is 10.6 Å². The van der Waals surface area contributed by atoms with E-state index >= 15 is 0 Å². The molecule has 29 heavy (non-hydrogen) atoms. The molecule has 3 aromatic rings. The predicted octanol–water partition coefficient (Wildman–Crippen LogP) is 4.68. The molecule has 0 unspecified atom stereocenters. The number of aryl methyl sites for hydroxylation is 1. The van der Waals surface area contributed by atoms with E-state index < -0.39 is 11.9 Å². The molecule has 1 aromatic heterocycles. The minimum Gasteiger partial charge on any atom is -0.465 e. The van der Waals surface area contributed by atoms with Crippen LogP contribution in [0.25, 0.3) is 10.1 Å². The first kappa shape index (κ1) is 20.5. The number of carbonyl (C=O) groups is 3. The molecule has 0 fully saturated rings. The average molecular weight is 411 g/mol. The number of rotatable bonds is 6. The monoisotopic (exact) mass is 411 g/mol. The van der Waals surface area contributed by atoms with Crippen LogP contribution in [-0.4, -0.2) is 32.1 Å². The lowest BCUT2D eigenvalue weighted by Crippen LogP contribution is -2.14. The molecule has 0 aliphatic carbocycles. The molecule has 150 valence electrons. The molecule has 0 spiro atoms. The van der Waals surface area contributed by atoms with Crippen molar-refractivity contribution >= 4 is 45.0 Å². The Kier molecular flexibility index (Phi) is 6.29. The van der Waals surface area contributed by atoms with Crippen LogP contribution in [0, 0.1) is 0 Å². The number of benzene rings is 2. The number of carbonyl (C=O) groups excluding carboxylic acids is 3. The third-order valence-corrected chi connectivity index (χ3v) is 5.65. The van der Waals surface area contributed by atoms with Crippen LogP contribution in [0.5, 0.6) is 0 Å². The Morgan fingerprint density at radius 3 is 2.17 bits per heavy atom. The molecule has 0 atom stereocenters. The van der Waals surface area contributed by atoms with E-state index in [1.165, 1.54) is 43.8 Å². The van der Waals surface area contributed by atoms with Gasteiger partial charge < -0.3 is 14.8 Å². The van der Waals surface area contributed by atoms with Crippen LogP contribution in [0.3, 0.4) is 0 Å². The lowest BCUT2D eigenvalue weighted by atomic mass is 10.1. The Hall–Kier alpha value is -3.19. The van der Waals surface area contributed by atoms with Crippen LogP contribution in [0.15, 0.2) is 42.5 Å². The summed E-state index contributed by atoms with van der Waals surface area (Å²) in [7, 11) is 2.50. The second kappa shape index (κ2) is 8.87.